The molecule has 0 spiro atoms. The van der Waals surface area contributed by atoms with Crippen LogP contribution < -0.4 is 4.72 Å². The molecule has 0 aliphatic carbocycles. The van der Waals surface area contributed by atoms with Crippen LogP contribution in [0.15, 0.2) is 38.2 Å². The van der Waals surface area contributed by atoms with E-state index in [2.05, 4.69) is 25.6 Å². The fraction of sp³-hybridized carbons (Fsp3) is 0.308. The predicted octanol–water partition coefficient (Wildman–Crippen LogP) is 2.79. The van der Waals surface area contributed by atoms with Crippen LogP contribution in [-0.2, 0) is 23.0 Å². The molecule has 0 aliphatic rings. The van der Waals surface area contributed by atoms with Crippen molar-refractivity contribution in [2.24, 2.45) is 0 Å². The van der Waals surface area contributed by atoms with Gasteiger partial charge in [-0.05, 0) is 40.5 Å². The topological polar surface area (TPSA) is 72.2 Å². The molecule has 2 rings (SSSR count). The summed E-state index contributed by atoms with van der Waals surface area (Å²) >= 11 is 3.27. The highest BCUT2D eigenvalue weighted by Crippen LogP contribution is 2.23. The molecular formula is C13H15BrN2O3S. The number of benzene rings is 1. The Morgan fingerprint density at radius 2 is 2.15 bits per heavy atom. The van der Waals surface area contributed by atoms with E-state index in [0.717, 1.165) is 17.7 Å². The lowest BCUT2D eigenvalue weighted by atomic mass is 10.2. The van der Waals surface area contributed by atoms with Crippen molar-refractivity contribution in [3.63, 3.8) is 0 Å². The quantitative estimate of drug-likeness (QED) is 0.891. The van der Waals surface area contributed by atoms with Crippen LogP contribution in [0.2, 0.25) is 0 Å². The van der Waals surface area contributed by atoms with Crippen molar-refractivity contribution in [3.05, 3.63) is 46.1 Å². The Balaban J connectivity index is 2.14. The number of hydrogen-bond donors (Lipinski definition) is 1. The summed E-state index contributed by atoms with van der Waals surface area (Å²) in [5.74, 6) is 1.09. The van der Waals surface area contributed by atoms with E-state index in [0.29, 0.717) is 10.4 Å². The molecular weight excluding hydrogens is 344 g/mol. The Kier molecular flexibility index (Phi) is 4.62. The van der Waals surface area contributed by atoms with Gasteiger partial charge in [0.05, 0.1) is 17.6 Å². The first-order valence-corrected chi connectivity index (χ1v) is 8.39. The summed E-state index contributed by atoms with van der Waals surface area (Å²) in [4.78, 5) is 4.21. The molecule has 20 heavy (non-hydrogen) atoms. The first kappa shape index (κ1) is 15.2. The standard InChI is InChI=1S/C13H15BrN2O3S/c1-3-10-7-15-13(19-10)8-16-20(17,18)12-5-4-9(2)6-11(12)14/h4-7,16H,3,8H2,1-2H3. The average Bonchev–Trinajstić information content (AvgIpc) is 2.84. The van der Waals surface area contributed by atoms with Gasteiger partial charge in [-0.25, -0.2) is 18.1 Å². The molecule has 0 saturated heterocycles. The molecule has 0 saturated carbocycles. The molecule has 0 unspecified atom stereocenters. The van der Waals surface area contributed by atoms with Crippen molar-refractivity contribution in [2.75, 3.05) is 0 Å². The van der Waals surface area contributed by atoms with Crippen molar-refractivity contribution in [1.82, 2.24) is 9.71 Å². The summed E-state index contributed by atoms with van der Waals surface area (Å²) in [7, 11) is -3.60. The van der Waals surface area contributed by atoms with E-state index in [1.54, 1.807) is 24.4 Å². The molecule has 1 aromatic heterocycles. The van der Waals surface area contributed by atoms with Crippen molar-refractivity contribution >= 4 is 26.0 Å². The van der Waals surface area contributed by atoms with Gasteiger partial charge in [-0.15, -0.1) is 0 Å². The second kappa shape index (κ2) is 6.07. The van der Waals surface area contributed by atoms with Crippen molar-refractivity contribution in [3.8, 4) is 0 Å². The van der Waals surface area contributed by atoms with Gasteiger partial charge in [-0.2, -0.15) is 0 Å². The normalized spacial score (nSPS) is 11.8. The van der Waals surface area contributed by atoms with Crippen molar-refractivity contribution < 1.29 is 12.8 Å². The zero-order valence-electron chi connectivity index (χ0n) is 11.2. The second-order valence-electron chi connectivity index (χ2n) is 4.33. The van der Waals surface area contributed by atoms with Crippen LogP contribution >= 0.6 is 15.9 Å². The number of rotatable bonds is 5. The largest absolute Gasteiger partial charge is 0.444 e. The average molecular weight is 359 g/mol. The molecule has 0 atom stereocenters. The smallest absolute Gasteiger partial charge is 0.242 e. The monoisotopic (exact) mass is 358 g/mol. The Bertz CT molecular complexity index is 710. The minimum absolute atomic E-state index is 0.0304. The minimum Gasteiger partial charge on any atom is -0.444 e. The SMILES string of the molecule is CCc1cnc(CNS(=O)(=O)c2ccc(C)cc2Br)o1. The molecule has 0 aliphatic heterocycles. The lowest BCUT2D eigenvalue weighted by molar-refractivity contribution is 0.452. The van der Waals surface area contributed by atoms with E-state index in [1.807, 2.05) is 13.8 Å². The summed E-state index contributed by atoms with van der Waals surface area (Å²) in [6.07, 6.45) is 2.33. The lowest BCUT2D eigenvalue weighted by Crippen LogP contribution is -2.23. The number of sulfonamides is 1. The molecule has 1 N–H and O–H groups in total. The van der Waals surface area contributed by atoms with Crippen LogP contribution in [0.25, 0.3) is 0 Å². The highest BCUT2D eigenvalue weighted by molar-refractivity contribution is 9.10. The maximum absolute atomic E-state index is 12.2. The fourth-order valence-electron chi connectivity index (χ4n) is 1.65. The number of nitrogens with zero attached hydrogens (tertiary/aromatic N) is 1. The number of halogens is 1. The van der Waals surface area contributed by atoms with Crippen LogP contribution in [-0.4, -0.2) is 13.4 Å². The number of nitrogens with one attached hydrogen (secondary N) is 1. The first-order chi connectivity index (χ1) is 9.42. The van der Waals surface area contributed by atoms with Crippen LogP contribution in [0.1, 0.15) is 24.1 Å². The Labute approximate surface area is 126 Å². The van der Waals surface area contributed by atoms with Gasteiger partial charge >= 0.3 is 0 Å². The molecule has 0 fully saturated rings. The van der Waals surface area contributed by atoms with Gasteiger partial charge in [0, 0.05) is 10.9 Å². The first-order valence-electron chi connectivity index (χ1n) is 6.12. The third-order valence-corrected chi connectivity index (χ3v) is 5.12. The second-order valence-corrected chi connectivity index (χ2v) is 6.92. The van der Waals surface area contributed by atoms with E-state index < -0.39 is 10.0 Å². The molecule has 1 aromatic carbocycles. The summed E-state index contributed by atoms with van der Waals surface area (Å²) in [6.45, 7) is 3.87. The van der Waals surface area contributed by atoms with Gasteiger partial charge in [-0.1, -0.05) is 13.0 Å². The maximum atomic E-state index is 12.2. The van der Waals surface area contributed by atoms with Gasteiger partial charge in [-0.3, -0.25) is 0 Å². The van der Waals surface area contributed by atoms with Gasteiger partial charge in [0.15, 0.2) is 0 Å². The molecule has 0 radical (unpaired) electrons. The molecule has 1 heterocycles. The van der Waals surface area contributed by atoms with Crippen LogP contribution in [0.3, 0.4) is 0 Å². The van der Waals surface area contributed by atoms with Crippen LogP contribution in [0.5, 0.6) is 0 Å². The zero-order chi connectivity index (χ0) is 14.8. The Morgan fingerprint density at radius 1 is 1.40 bits per heavy atom. The third-order valence-electron chi connectivity index (χ3n) is 2.74. The van der Waals surface area contributed by atoms with E-state index in [4.69, 9.17) is 4.42 Å². The summed E-state index contributed by atoms with van der Waals surface area (Å²) in [6, 6.07) is 5.07. The van der Waals surface area contributed by atoms with Gasteiger partial charge in [0.1, 0.15) is 5.76 Å². The fourth-order valence-corrected chi connectivity index (χ4v) is 3.82. The van der Waals surface area contributed by atoms with Crippen LogP contribution in [0, 0.1) is 6.92 Å². The number of aromatic nitrogens is 1. The molecule has 5 nitrogen and oxygen atoms in total. The summed E-state index contributed by atoms with van der Waals surface area (Å²) < 4.78 is 32.8. The number of hydrogen-bond acceptors (Lipinski definition) is 4. The van der Waals surface area contributed by atoms with Gasteiger partial charge < -0.3 is 4.42 Å². The molecule has 2 aromatic rings. The van der Waals surface area contributed by atoms with Crippen molar-refractivity contribution in [1.29, 1.82) is 0 Å². The van der Waals surface area contributed by atoms with Gasteiger partial charge in [0.2, 0.25) is 15.9 Å². The summed E-state index contributed by atoms with van der Waals surface area (Å²) in [5.41, 5.74) is 0.983. The predicted molar refractivity (Wildman–Crippen MR) is 78.8 cm³/mol. The highest BCUT2D eigenvalue weighted by Gasteiger charge is 2.18. The lowest BCUT2D eigenvalue weighted by Gasteiger charge is -2.07. The number of oxazole rings is 1. The highest BCUT2D eigenvalue weighted by atomic mass is 79.9. The van der Waals surface area contributed by atoms with Crippen molar-refractivity contribution in [2.45, 2.75) is 31.7 Å². The molecule has 7 heteroatoms. The minimum atomic E-state index is -3.60. The van der Waals surface area contributed by atoms with E-state index >= 15 is 0 Å². The van der Waals surface area contributed by atoms with Gasteiger partial charge in [0.25, 0.3) is 0 Å². The van der Waals surface area contributed by atoms with E-state index in [-0.39, 0.29) is 11.4 Å². The summed E-state index contributed by atoms with van der Waals surface area (Å²) in [5, 5.41) is 0. The van der Waals surface area contributed by atoms with E-state index in [1.165, 1.54) is 0 Å². The zero-order valence-corrected chi connectivity index (χ0v) is 13.6. The Morgan fingerprint density at radius 3 is 2.75 bits per heavy atom. The number of aryl methyl sites for hydroxylation is 2. The maximum Gasteiger partial charge on any atom is 0.242 e. The molecule has 0 bridgehead atoms. The third kappa shape index (κ3) is 3.47. The molecule has 0 amide bonds. The molecule has 108 valence electrons. The van der Waals surface area contributed by atoms with Crippen LogP contribution in [0.4, 0.5) is 0 Å². The Hall–Kier alpha value is -1.18. The van der Waals surface area contributed by atoms with E-state index in [9.17, 15) is 8.42 Å².